The van der Waals surface area contributed by atoms with Gasteiger partial charge in [0.2, 0.25) is 0 Å². The van der Waals surface area contributed by atoms with E-state index in [1.165, 1.54) is 6.07 Å². The lowest BCUT2D eigenvalue weighted by molar-refractivity contribution is -0.137. The molecule has 0 spiro atoms. The fourth-order valence-electron chi connectivity index (χ4n) is 1.89. The van der Waals surface area contributed by atoms with Crippen LogP contribution in [-0.4, -0.2) is 0 Å². The molecule has 1 nitrogen and oxygen atoms in total. The molecular weight excluding hydrogens is 253 g/mol. The Balaban J connectivity index is 2.29. The summed E-state index contributed by atoms with van der Waals surface area (Å²) in [5.74, 6) is 1.71. The van der Waals surface area contributed by atoms with Gasteiger partial charge in [-0.05, 0) is 30.2 Å². The van der Waals surface area contributed by atoms with E-state index in [0.717, 1.165) is 24.3 Å². The molecule has 0 fully saturated rings. The molecule has 2 rings (SSSR count). The zero-order valence-corrected chi connectivity index (χ0v) is 10.8. The lowest BCUT2D eigenvalue weighted by Crippen LogP contribution is -2.04. The Labute approximate surface area is 110 Å². The Bertz CT molecular complexity index is 553. The first-order chi connectivity index (χ1) is 8.86. The first kappa shape index (κ1) is 13.7. The molecule has 1 heterocycles. The maximum atomic E-state index is 12.6. The van der Waals surface area contributed by atoms with Crippen LogP contribution in [0.25, 0.3) is 11.3 Å². The van der Waals surface area contributed by atoms with Gasteiger partial charge < -0.3 is 4.42 Å². The quantitative estimate of drug-likeness (QED) is 0.749. The molecule has 0 saturated heterocycles. The molecule has 0 aliphatic heterocycles. The van der Waals surface area contributed by atoms with E-state index in [0.29, 0.717) is 17.2 Å². The van der Waals surface area contributed by atoms with E-state index < -0.39 is 11.7 Å². The van der Waals surface area contributed by atoms with Gasteiger partial charge in [-0.3, -0.25) is 0 Å². The summed E-state index contributed by atoms with van der Waals surface area (Å²) in [6.07, 6.45) is -3.55. The monoisotopic (exact) mass is 268 g/mol. The Hall–Kier alpha value is -1.71. The molecule has 102 valence electrons. The smallest absolute Gasteiger partial charge is 0.416 e. The molecular formula is C15H15F3O. The number of alkyl halides is 3. The first-order valence-electron chi connectivity index (χ1n) is 6.12. The van der Waals surface area contributed by atoms with Crippen molar-refractivity contribution in [2.75, 3.05) is 0 Å². The highest BCUT2D eigenvalue weighted by Crippen LogP contribution is 2.32. The van der Waals surface area contributed by atoms with Crippen LogP contribution in [0.4, 0.5) is 13.2 Å². The number of halogens is 3. The predicted octanol–water partition coefficient (Wildman–Crippen LogP) is 5.16. The van der Waals surface area contributed by atoms with Crippen LogP contribution in [0.5, 0.6) is 0 Å². The van der Waals surface area contributed by atoms with Crippen molar-refractivity contribution in [2.45, 2.75) is 26.4 Å². The molecule has 0 aliphatic rings. The molecule has 0 bridgehead atoms. The highest BCUT2D eigenvalue weighted by Gasteiger charge is 2.30. The predicted molar refractivity (Wildman–Crippen MR) is 67.7 cm³/mol. The van der Waals surface area contributed by atoms with Crippen molar-refractivity contribution in [3.63, 3.8) is 0 Å². The van der Waals surface area contributed by atoms with Crippen LogP contribution in [0.3, 0.4) is 0 Å². The number of furan rings is 1. The van der Waals surface area contributed by atoms with Gasteiger partial charge in [-0.2, -0.15) is 13.2 Å². The van der Waals surface area contributed by atoms with E-state index in [2.05, 4.69) is 13.8 Å². The zero-order chi connectivity index (χ0) is 14.0. The summed E-state index contributed by atoms with van der Waals surface area (Å²) in [5, 5.41) is 0. The highest BCUT2D eigenvalue weighted by atomic mass is 19.4. The third kappa shape index (κ3) is 3.40. The fraction of sp³-hybridized carbons (Fsp3) is 0.333. The second kappa shape index (κ2) is 5.11. The summed E-state index contributed by atoms with van der Waals surface area (Å²) >= 11 is 0. The van der Waals surface area contributed by atoms with Crippen molar-refractivity contribution in [3.05, 3.63) is 47.7 Å². The van der Waals surface area contributed by atoms with Crippen LogP contribution in [0, 0.1) is 5.92 Å². The normalized spacial score (nSPS) is 12.1. The van der Waals surface area contributed by atoms with Crippen LogP contribution in [-0.2, 0) is 12.6 Å². The summed E-state index contributed by atoms with van der Waals surface area (Å²) in [7, 11) is 0. The van der Waals surface area contributed by atoms with Crippen LogP contribution >= 0.6 is 0 Å². The van der Waals surface area contributed by atoms with Crippen LogP contribution in [0.15, 0.2) is 40.8 Å². The van der Waals surface area contributed by atoms with Crippen molar-refractivity contribution in [1.82, 2.24) is 0 Å². The molecule has 0 radical (unpaired) electrons. The van der Waals surface area contributed by atoms with Crippen molar-refractivity contribution in [3.8, 4) is 11.3 Å². The van der Waals surface area contributed by atoms with Crippen LogP contribution in [0.2, 0.25) is 0 Å². The third-order valence-corrected chi connectivity index (χ3v) is 2.75. The SMILES string of the molecule is CC(C)Cc1ccc(-c2cccc(C(F)(F)F)c2)o1. The largest absolute Gasteiger partial charge is 0.461 e. The number of hydrogen-bond donors (Lipinski definition) is 0. The lowest BCUT2D eigenvalue weighted by Gasteiger charge is -2.07. The topological polar surface area (TPSA) is 13.1 Å². The first-order valence-corrected chi connectivity index (χ1v) is 6.12. The molecule has 0 N–H and O–H groups in total. The molecule has 0 atom stereocenters. The van der Waals surface area contributed by atoms with Crippen molar-refractivity contribution in [2.24, 2.45) is 5.92 Å². The Morgan fingerprint density at radius 3 is 2.47 bits per heavy atom. The van der Waals surface area contributed by atoms with Crippen molar-refractivity contribution < 1.29 is 17.6 Å². The van der Waals surface area contributed by atoms with E-state index in [-0.39, 0.29) is 0 Å². The molecule has 0 unspecified atom stereocenters. The average molecular weight is 268 g/mol. The Morgan fingerprint density at radius 1 is 1.11 bits per heavy atom. The van der Waals surface area contributed by atoms with Gasteiger partial charge in [-0.25, -0.2) is 0 Å². The van der Waals surface area contributed by atoms with Gasteiger partial charge in [0.15, 0.2) is 0 Å². The summed E-state index contributed by atoms with van der Waals surface area (Å²) in [4.78, 5) is 0. The molecule has 0 saturated carbocycles. The van der Waals surface area contributed by atoms with Gasteiger partial charge in [0.05, 0.1) is 5.56 Å². The minimum atomic E-state index is -4.33. The molecule has 0 amide bonds. The van der Waals surface area contributed by atoms with E-state index in [4.69, 9.17) is 4.42 Å². The van der Waals surface area contributed by atoms with Crippen LogP contribution in [0.1, 0.15) is 25.2 Å². The van der Waals surface area contributed by atoms with Crippen molar-refractivity contribution in [1.29, 1.82) is 0 Å². The van der Waals surface area contributed by atoms with Gasteiger partial charge >= 0.3 is 6.18 Å². The van der Waals surface area contributed by atoms with E-state index in [9.17, 15) is 13.2 Å². The van der Waals surface area contributed by atoms with Gasteiger partial charge in [-0.15, -0.1) is 0 Å². The maximum absolute atomic E-state index is 12.6. The minimum Gasteiger partial charge on any atom is -0.461 e. The number of benzene rings is 1. The second-order valence-corrected chi connectivity index (χ2v) is 4.94. The zero-order valence-electron chi connectivity index (χ0n) is 10.8. The Morgan fingerprint density at radius 2 is 1.84 bits per heavy atom. The number of hydrogen-bond acceptors (Lipinski definition) is 1. The van der Waals surface area contributed by atoms with Gasteiger partial charge in [0, 0.05) is 12.0 Å². The second-order valence-electron chi connectivity index (χ2n) is 4.94. The van der Waals surface area contributed by atoms with Gasteiger partial charge in [-0.1, -0.05) is 26.0 Å². The van der Waals surface area contributed by atoms with Crippen molar-refractivity contribution >= 4 is 0 Å². The molecule has 4 heteroatoms. The summed E-state index contributed by atoms with van der Waals surface area (Å²) in [6, 6.07) is 8.71. The van der Waals surface area contributed by atoms with E-state index in [1.54, 1.807) is 12.1 Å². The standard InChI is InChI=1S/C15H15F3O/c1-10(2)8-13-6-7-14(19-13)11-4-3-5-12(9-11)15(16,17)18/h3-7,9-10H,8H2,1-2H3. The summed E-state index contributed by atoms with van der Waals surface area (Å²) in [6.45, 7) is 4.12. The molecule has 1 aromatic heterocycles. The average Bonchev–Trinajstić information content (AvgIpc) is 2.76. The highest BCUT2D eigenvalue weighted by molar-refractivity contribution is 5.58. The van der Waals surface area contributed by atoms with Gasteiger partial charge in [0.25, 0.3) is 0 Å². The fourth-order valence-corrected chi connectivity index (χ4v) is 1.89. The molecule has 2 aromatic rings. The maximum Gasteiger partial charge on any atom is 0.416 e. The van der Waals surface area contributed by atoms with E-state index in [1.807, 2.05) is 6.07 Å². The Kier molecular flexibility index (Phi) is 3.69. The minimum absolute atomic E-state index is 0.445. The van der Waals surface area contributed by atoms with E-state index >= 15 is 0 Å². The summed E-state index contributed by atoms with van der Waals surface area (Å²) < 4.78 is 43.5. The summed E-state index contributed by atoms with van der Waals surface area (Å²) in [5.41, 5.74) is -0.211. The molecule has 1 aromatic carbocycles. The van der Waals surface area contributed by atoms with Crippen LogP contribution < -0.4 is 0 Å². The number of rotatable bonds is 3. The molecule has 0 aliphatic carbocycles. The third-order valence-electron chi connectivity index (χ3n) is 2.75. The molecule has 19 heavy (non-hydrogen) atoms. The lowest BCUT2D eigenvalue weighted by atomic mass is 10.1. The van der Waals surface area contributed by atoms with Gasteiger partial charge in [0.1, 0.15) is 11.5 Å².